The maximum atomic E-state index is 12.5. The van der Waals surface area contributed by atoms with Crippen molar-refractivity contribution in [3.63, 3.8) is 0 Å². The van der Waals surface area contributed by atoms with Crippen molar-refractivity contribution in [2.75, 3.05) is 0 Å². The van der Waals surface area contributed by atoms with Gasteiger partial charge in [-0.3, -0.25) is 0 Å². The largest absolute Gasteiger partial charge is 0.433 e. The van der Waals surface area contributed by atoms with Crippen LogP contribution in [0.3, 0.4) is 0 Å². The molecular formula is C12H7F3N4. The fourth-order valence-electron chi connectivity index (χ4n) is 1.67. The molecule has 0 bridgehead atoms. The summed E-state index contributed by atoms with van der Waals surface area (Å²) in [6, 6.07) is 7.43. The van der Waals surface area contributed by atoms with Crippen molar-refractivity contribution in [2.24, 2.45) is 0 Å². The predicted octanol–water partition coefficient (Wildman–Crippen LogP) is 2.83. The number of alkyl halides is 3. The van der Waals surface area contributed by atoms with Gasteiger partial charge in [-0.2, -0.15) is 18.3 Å². The van der Waals surface area contributed by atoms with Crippen molar-refractivity contribution in [1.82, 2.24) is 19.7 Å². The number of rotatable bonds is 1. The van der Waals surface area contributed by atoms with E-state index in [1.165, 1.54) is 16.9 Å². The molecule has 0 radical (unpaired) electrons. The predicted molar refractivity (Wildman–Crippen MR) is 61.7 cm³/mol. The minimum Gasteiger partial charge on any atom is -0.240 e. The number of hydrogen-bond acceptors (Lipinski definition) is 3. The first-order valence-corrected chi connectivity index (χ1v) is 5.39. The third kappa shape index (κ3) is 2.14. The lowest BCUT2D eigenvalue weighted by Crippen LogP contribution is -2.07. The van der Waals surface area contributed by atoms with Gasteiger partial charge in [0.15, 0.2) is 5.82 Å². The van der Waals surface area contributed by atoms with Gasteiger partial charge in [-0.15, -0.1) is 0 Å². The second-order valence-corrected chi connectivity index (χ2v) is 3.86. The lowest BCUT2D eigenvalue weighted by molar-refractivity contribution is -0.140. The highest BCUT2D eigenvalue weighted by Gasteiger charge is 2.32. The van der Waals surface area contributed by atoms with Crippen LogP contribution >= 0.6 is 0 Å². The van der Waals surface area contributed by atoms with Gasteiger partial charge in [-0.05, 0) is 24.3 Å². The van der Waals surface area contributed by atoms with Crippen molar-refractivity contribution in [3.8, 4) is 5.82 Å². The van der Waals surface area contributed by atoms with Gasteiger partial charge in [-0.25, -0.2) is 14.6 Å². The van der Waals surface area contributed by atoms with Gasteiger partial charge in [-0.1, -0.05) is 6.07 Å². The molecule has 0 spiro atoms. The van der Waals surface area contributed by atoms with Crippen LogP contribution in [0.5, 0.6) is 0 Å². The smallest absolute Gasteiger partial charge is 0.240 e. The molecule has 0 aromatic carbocycles. The van der Waals surface area contributed by atoms with Gasteiger partial charge in [0.05, 0.1) is 6.20 Å². The van der Waals surface area contributed by atoms with E-state index in [4.69, 9.17) is 0 Å². The standard InChI is InChI=1S/C12H7F3N4/c13-12(14,15)10-5-4-8-9(17-10)7-19(18-8)11-3-1-2-6-16-11/h1-7H. The highest BCUT2D eigenvalue weighted by Crippen LogP contribution is 2.28. The Hall–Kier alpha value is -2.44. The zero-order chi connectivity index (χ0) is 13.5. The summed E-state index contributed by atoms with van der Waals surface area (Å²) in [6.45, 7) is 0. The molecule has 3 aromatic heterocycles. The van der Waals surface area contributed by atoms with Crippen molar-refractivity contribution in [3.05, 3.63) is 48.4 Å². The molecule has 0 saturated carbocycles. The van der Waals surface area contributed by atoms with E-state index >= 15 is 0 Å². The van der Waals surface area contributed by atoms with Gasteiger partial charge in [0.25, 0.3) is 0 Å². The molecule has 19 heavy (non-hydrogen) atoms. The summed E-state index contributed by atoms with van der Waals surface area (Å²) in [5.74, 6) is 0.522. The third-order valence-electron chi connectivity index (χ3n) is 2.54. The van der Waals surface area contributed by atoms with E-state index in [0.29, 0.717) is 11.3 Å². The van der Waals surface area contributed by atoms with Crippen LogP contribution in [0.1, 0.15) is 5.69 Å². The zero-order valence-electron chi connectivity index (χ0n) is 9.46. The van der Waals surface area contributed by atoms with Crippen LogP contribution in [0, 0.1) is 0 Å². The van der Waals surface area contributed by atoms with Crippen LogP contribution in [0.25, 0.3) is 16.9 Å². The molecule has 3 rings (SSSR count). The molecule has 0 aliphatic rings. The summed E-state index contributed by atoms with van der Waals surface area (Å²) in [7, 11) is 0. The molecule has 3 heterocycles. The van der Waals surface area contributed by atoms with Gasteiger partial charge in [0.2, 0.25) is 0 Å². The lowest BCUT2D eigenvalue weighted by atomic mass is 10.3. The van der Waals surface area contributed by atoms with Crippen molar-refractivity contribution in [2.45, 2.75) is 6.18 Å². The Morgan fingerprint density at radius 3 is 2.53 bits per heavy atom. The number of pyridine rings is 2. The maximum absolute atomic E-state index is 12.5. The Balaban J connectivity index is 2.12. The molecule has 4 nitrogen and oxygen atoms in total. The summed E-state index contributed by atoms with van der Waals surface area (Å²) in [5, 5.41) is 4.13. The van der Waals surface area contributed by atoms with Crippen molar-refractivity contribution >= 4 is 11.0 Å². The first kappa shape index (κ1) is 11.6. The molecule has 96 valence electrons. The average molecular weight is 264 g/mol. The Kier molecular flexibility index (Phi) is 2.48. The molecule has 0 amide bonds. The first-order chi connectivity index (χ1) is 9.04. The molecule has 3 aromatic rings. The second-order valence-electron chi connectivity index (χ2n) is 3.86. The Labute approximate surface area is 105 Å². The fourth-order valence-corrected chi connectivity index (χ4v) is 1.67. The van der Waals surface area contributed by atoms with Gasteiger partial charge in [0, 0.05) is 6.20 Å². The van der Waals surface area contributed by atoms with Crippen LogP contribution in [0.2, 0.25) is 0 Å². The van der Waals surface area contributed by atoms with Gasteiger partial charge in [0.1, 0.15) is 16.7 Å². The number of hydrogen-bond donors (Lipinski definition) is 0. The van der Waals surface area contributed by atoms with Gasteiger partial charge < -0.3 is 0 Å². The summed E-state index contributed by atoms with van der Waals surface area (Å²) in [6.07, 6.45) is -1.45. The van der Waals surface area contributed by atoms with Crippen LogP contribution < -0.4 is 0 Å². The topological polar surface area (TPSA) is 43.6 Å². The van der Waals surface area contributed by atoms with E-state index < -0.39 is 11.9 Å². The molecule has 0 aliphatic carbocycles. The Morgan fingerprint density at radius 2 is 1.84 bits per heavy atom. The number of nitrogens with zero attached hydrogens (tertiary/aromatic N) is 4. The summed E-state index contributed by atoms with van der Waals surface area (Å²) in [5.41, 5.74) is -0.361. The van der Waals surface area contributed by atoms with Crippen molar-refractivity contribution in [1.29, 1.82) is 0 Å². The fraction of sp³-hybridized carbons (Fsp3) is 0.0833. The molecule has 0 atom stereocenters. The monoisotopic (exact) mass is 264 g/mol. The maximum Gasteiger partial charge on any atom is 0.433 e. The SMILES string of the molecule is FC(F)(F)c1ccc2nn(-c3ccccn3)cc2n1. The summed E-state index contributed by atoms with van der Waals surface area (Å²) in [4.78, 5) is 7.62. The molecule has 0 N–H and O–H groups in total. The Bertz CT molecular complexity index is 719. The van der Waals surface area contributed by atoms with E-state index in [-0.39, 0.29) is 5.52 Å². The minimum absolute atomic E-state index is 0.181. The summed E-state index contributed by atoms with van der Waals surface area (Å²) >= 11 is 0. The van der Waals surface area contributed by atoms with E-state index in [2.05, 4.69) is 15.1 Å². The third-order valence-corrected chi connectivity index (χ3v) is 2.54. The molecule has 0 saturated heterocycles. The Morgan fingerprint density at radius 1 is 1.00 bits per heavy atom. The molecular weight excluding hydrogens is 257 g/mol. The molecule has 0 fully saturated rings. The lowest BCUT2D eigenvalue weighted by Gasteiger charge is -2.03. The number of fused-ring (bicyclic) bond motifs is 1. The van der Waals surface area contributed by atoms with Gasteiger partial charge >= 0.3 is 6.18 Å². The number of aromatic nitrogens is 4. The summed E-state index contributed by atoms with van der Waals surface area (Å²) < 4.78 is 39.0. The number of halogens is 3. The molecule has 0 unspecified atom stereocenters. The van der Waals surface area contributed by atoms with Crippen LogP contribution in [-0.4, -0.2) is 19.7 Å². The second kappa shape index (κ2) is 4.04. The van der Waals surface area contributed by atoms with E-state index in [1.807, 2.05) is 0 Å². The molecule has 7 heteroatoms. The zero-order valence-corrected chi connectivity index (χ0v) is 9.46. The quantitative estimate of drug-likeness (QED) is 0.678. The van der Waals surface area contributed by atoms with E-state index in [9.17, 15) is 13.2 Å². The average Bonchev–Trinajstić information content (AvgIpc) is 2.81. The van der Waals surface area contributed by atoms with Crippen LogP contribution in [-0.2, 0) is 6.18 Å². The highest BCUT2D eigenvalue weighted by atomic mass is 19.4. The molecule has 0 aliphatic heterocycles. The minimum atomic E-state index is -4.46. The normalized spacial score (nSPS) is 11.9. The van der Waals surface area contributed by atoms with E-state index in [1.54, 1.807) is 24.4 Å². The van der Waals surface area contributed by atoms with E-state index in [0.717, 1.165) is 6.07 Å². The first-order valence-electron chi connectivity index (χ1n) is 5.39. The highest BCUT2D eigenvalue weighted by molar-refractivity contribution is 5.74. The van der Waals surface area contributed by atoms with Crippen LogP contribution in [0.4, 0.5) is 13.2 Å². The van der Waals surface area contributed by atoms with Crippen LogP contribution in [0.15, 0.2) is 42.7 Å². The van der Waals surface area contributed by atoms with Crippen molar-refractivity contribution < 1.29 is 13.2 Å².